The van der Waals surface area contributed by atoms with Crippen LogP contribution in [0.1, 0.15) is 0 Å². The highest BCUT2D eigenvalue weighted by molar-refractivity contribution is 7.04. The second kappa shape index (κ2) is 1.25. The van der Waals surface area contributed by atoms with E-state index in [-0.39, 0.29) is 0 Å². The Hall–Kier alpha value is -0.970. The Bertz CT molecular complexity index is 233. The molecule has 2 heterocycles. The fourth-order valence-electron chi connectivity index (χ4n) is 0.500. The summed E-state index contributed by atoms with van der Waals surface area (Å²) in [6.07, 6.45) is 1.62. The minimum Gasteiger partial charge on any atom is -0.222 e. The van der Waals surface area contributed by atoms with E-state index in [1.165, 1.54) is 11.5 Å². The van der Waals surface area contributed by atoms with Crippen molar-refractivity contribution in [3.05, 3.63) is 11.7 Å². The lowest BCUT2D eigenvalue weighted by Crippen LogP contribution is -1.74. The van der Waals surface area contributed by atoms with E-state index in [1.807, 2.05) is 0 Å². The minimum absolute atomic E-state index is 0.815. The van der Waals surface area contributed by atoms with E-state index in [9.17, 15) is 0 Å². The van der Waals surface area contributed by atoms with Gasteiger partial charge in [0.05, 0.1) is 6.20 Å². The Balaban J connectivity index is 3.06. The second-order valence-electron chi connectivity index (χ2n) is 1.31. The summed E-state index contributed by atoms with van der Waals surface area (Å²) in [7, 11) is 0. The molecule has 0 aliphatic carbocycles. The van der Waals surface area contributed by atoms with E-state index < -0.39 is 0 Å². The molecule has 4 nitrogen and oxygen atoms in total. The SMILES string of the molecule is c1nc2cnnn2s1. The lowest BCUT2D eigenvalue weighted by molar-refractivity contribution is 0.915. The molecule has 0 bridgehead atoms. The average Bonchev–Trinajstić information content (AvgIpc) is 2.15. The van der Waals surface area contributed by atoms with Crippen LogP contribution >= 0.6 is 11.5 Å². The smallest absolute Gasteiger partial charge is 0.188 e. The molecule has 0 saturated carbocycles. The summed E-state index contributed by atoms with van der Waals surface area (Å²) >= 11 is 1.43. The van der Waals surface area contributed by atoms with Gasteiger partial charge in [-0.3, -0.25) is 0 Å². The van der Waals surface area contributed by atoms with Gasteiger partial charge in [-0.2, -0.15) is 0 Å². The molecule has 0 saturated heterocycles. The van der Waals surface area contributed by atoms with Gasteiger partial charge in [0.25, 0.3) is 0 Å². The van der Waals surface area contributed by atoms with E-state index >= 15 is 0 Å². The molecule has 0 aliphatic heterocycles. The first-order chi connectivity index (χ1) is 3.97. The van der Waals surface area contributed by atoms with Gasteiger partial charge in [-0.25, -0.2) is 4.98 Å². The molecule has 0 fully saturated rings. The van der Waals surface area contributed by atoms with Gasteiger partial charge in [0, 0.05) is 0 Å². The highest BCUT2D eigenvalue weighted by Gasteiger charge is 1.91. The number of aromatic nitrogens is 4. The van der Waals surface area contributed by atoms with Gasteiger partial charge >= 0.3 is 0 Å². The van der Waals surface area contributed by atoms with Crippen LogP contribution in [0.15, 0.2) is 11.7 Å². The van der Waals surface area contributed by atoms with Crippen molar-refractivity contribution in [3.8, 4) is 0 Å². The first-order valence-electron chi connectivity index (χ1n) is 2.07. The second-order valence-corrected chi connectivity index (χ2v) is 2.07. The van der Waals surface area contributed by atoms with E-state index in [0.717, 1.165) is 5.65 Å². The summed E-state index contributed by atoms with van der Waals surface area (Å²) in [5.74, 6) is 0. The molecule has 0 aliphatic rings. The van der Waals surface area contributed by atoms with Crippen LogP contribution in [0.5, 0.6) is 0 Å². The fraction of sp³-hybridized carbons (Fsp3) is 0. The van der Waals surface area contributed by atoms with Crippen molar-refractivity contribution in [2.45, 2.75) is 0 Å². The molecular weight excluding hydrogens is 124 g/mol. The van der Waals surface area contributed by atoms with Crippen LogP contribution in [0, 0.1) is 0 Å². The highest BCUT2D eigenvalue weighted by Crippen LogP contribution is 1.98. The van der Waals surface area contributed by atoms with Crippen LogP contribution in [0.25, 0.3) is 5.65 Å². The van der Waals surface area contributed by atoms with E-state index in [1.54, 1.807) is 15.6 Å². The van der Waals surface area contributed by atoms with E-state index in [0.29, 0.717) is 0 Å². The van der Waals surface area contributed by atoms with Gasteiger partial charge < -0.3 is 0 Å². The lowest BCUT2D eigenvalue weighted by atomic mass is 10.8. The number of nitrogens with zero attached hydrogens (tertiary/aromatic N) is 4. The van der Waals surface area contributed by atoms with E-state index in [4.69, 9.17) is 0 Å². The first-order valence-corrected chi connectivity index (χ1v) is 2.91. The summed E-state index contributed by atoms with van der Waals surface area (Å²) in [6, 6.07) is 0. The molecule has 0 atom stereocenters. The van der Waals surface area contributed by atoms with Gasteiger partial charge in [0.2, 0.25) is 0 Å². The molecule has 5 heteroatoms. The van der Waals surface area contributed by atoms with Crippen LogP contribution in [-0.2, 0) is 0 Å². The first kappa shape index (κ1) is 3.96. The normalized spacial score (nSPS) is 10.5. The monoisotopic (exact) mass is 126 g/mol. The minimum atomic E-state index is 0.815. The van der Waals surface area contributed by atoms with Crippen LogP contribution in [0.4, 0.5) is 0 Å². The quantitative estimate of drug-likeness (QED) is 0.506. The predicted molar refractivity (Wildman–Crippen MR) is 28.7 cm³/mol. The van der Waals surface area contributed by atoms with Crippen LogP contribution < -0.4 is 0 Å². The molecule has 0 amide bonds. The topological polar surface area (TPSA) is 43.1 Å². The Morgan fingerprint density at radius 1 is 1.62 bits per heavy atom. The molecule has 0 radical (unpaired) electrons. The number of fused-ring (bicyclic) bond motifs is 1. The molecule has 40 valence electrons. The maximum Gasteiger partial charge on any atom is 0.188 e. The lowest BCUT2D eigenvalue weighted by Gasteiger charge is -1.66. The molecule has 0 unspecified atom stereocenters. The van der Waals surface area contributed by atoms with Gasteiger partial charge in [-0.1, -0.05) is 5.21 Å². The standard InChI is InChI=1S/C3H2N4S/c1-3-4-2-8-7(3)6-5-1/h1-2H. The Morgan fingerprint density at radius 3 is 3.50 bits per heavy atom. The van der Waals surface area contributed by atoms with Crippen molar-refractivity contribution in [1.29, 1.82) is 0 Å². The third-order valence-electron chi connectivity index (χ3n) is 0.834. The van der Waals surface area contributed by atoms with Crippen LogP contribution in [-0.4, -0.2) is 19.2 Å². The van der Waals surface area contributed by atoms with Crippen molar-refractivity contribution in [3.63, 3.8) is 0 Å². The van der Waals surface area contributed by atoms with Crippen LogP contribution in [0.2, 0.25) is 0 Å². The molecule has 0 spiro atoms. The fourth-order valence-corrected chi connectivity index (χ4v) is 1.03. The zero-order valence-corrected chi connectivity index (χ0v) is 4.67. The van der Waals surface area contributed by atoms with Crippen molar-refractivity contribution < 1.29 is 0 Å². The van der Waals surface area contributed by atoms with Crippen molar-refractivity contribution in [2.75, 3.05) is 0 Å². The van der Waals surface area contributed by atoms with Crippen molar-refractivity contribution in [1.82, 2.24) is 19.2 Å². The van der Waals surface area contributed by atoms with Crippen LogP contribution in [0.3, 0.4) is 0 Å². The molecule has 2 aromatic heterocycles. The third-order valence-corrected chi connectivity index (χ3v) is 1.49. The zero-order valence-electron chi connectivity index (χ0n) is 3.85. The number of hydrogen-bond donors (Lipinski definition) is 0. The summed E-state index contributed by atoms with van der Waals surface area (Å²) in [4.78, 5) is 3.94. The zero-order chi connectivity index (χ0) is 5.40. The molecule has 0 aromatic carbocycles. The third kappa shape index (κ3) is 0.362. The van der Waals surface area contributed by atoms with Crippen molar-refractivity contribution >= 4 is 17.2 Å². The molecule has 2 rings (SSSR count). The molecule has 2 aromatic rings. The summed E-state index contributed by atoms with van der Waals surface area (Å²) < 4.78 is 1.65. The Labute approximate surface area is 48.9 Å². The Kier molecular flexibility index (Phi) is 0.621. The average molecular weight is 126 g/mol. The number of rotatable bonds is 0. The molecule has 0 N–H and O–H groups in total. The highest BCUT2D eigenvalue weighted by atomic mass is 32.1. The summed E-state index contributed by atoms with van der Waals surface area (Å²) in [6.45, 7) is 0. The van der Waals surface area contributed by atoms with Gasteiger partial charge in [0.15, 0.2) is 5.65 Å². The molecule has 8 heavy (non-hydrogen) atoms. The predicted octanol–water partition coefficient (Wildman–Crippen LogP) is 0.186. The maximum atomic E-state index is 3.94. The Morgan fingerprint density at radius 2 is 2.62 bits per heavy atom. The largest absolute Gasteiger partial charge is 0.222 e. The molecular formula is C3H2N4S. The maximum absolute atomic E-state index is 3.94. The van der Waals surface area contributed by atoms with Gasteiger partial charge in [0.1, 0.15) is 5.51 Å². The van der Waals surface area contributed by atoms with E-state index in [2.05, 4.69) is 15.3 Å². The van der Waals surface area contributed by atoms with Gasteiger partial charge in [-0.05, 0) is 11.5 Å². The van der Waals surface area contributed by atoms with Crippen molar-refractivity contribution in [2.24, 2.45) is 0 Å². The van der Waals surface area contributed by atoms with Gasteiger partial charge in [-0.15, -0.1) is 9.00 Å². The summed E-state index contributed by atoms with van der Waals surface area (Å²) in [5.41, 5.74) is 2.54. The number of hydrogen-bond acceptors (Lipinski definition) is 4. The summed E-state index contributed by atoms with van der Waals surface area (Å²) in [5, 5.41) is 7.32.